The van der Waals surface area contributed by atoms with Crippen molar-refractivity contribution in [2.45, 2.75) is 26.1 Å². The molecule has 2 N–H and O–H groups in total. The van der Waals surface area contributed by atoms with E-state index in [2.05, 4.69) is 5.32 Å². The summed E-state index contributed by atoms with van der Waals surface area (Å²) in [5, 5.41) is 12.3. The van der Waals surface area contributed by atoms with E-state index >= 15 is 0 Å². The molecule has 0 unspecified atom stereocenters. The Hall–Kier alpha value is -1.59. The summed E-state index contributed by atoms with van der Waals surface area (Å²) in [6, 6.07) is 7.44. The Bertz CT molecular complexity index is 436. The Balaban J connectivity index is 1.93. The highest BCUT2D eigenvalue weighted by molar-refractivity contribution is 5.89. The van der Waals surface area contributed by atoms with Gasteiger partial charge in [-0.2, -0.15) is 0 Å². The van der Waals surface area contributed by atoms with E-state index in [1.165, 1.54) is 0 Å². The van der Waals surface area contributed by atoms with Gasteiger partial charge in [-0.15, -0.1) is 0 Å². The molecule has 1 aromatic carbocycles. The van der Waals surface area contributed by atoms with Crippen LogP contribution in [0, 0.1) is 0 Å². The van der Waals surface area contributed by atoms with E-state index in [0.717, 1.165) is 11.3 Å². The number of aliphatic hydroxyl groups is 1. The SMILES string of the molecule is CCOCc1cccc(NC(=O)N2CC[C@@H](O)C2)c1. The van der Waals surface area contributed by atoms with Crippen molar-refractivity contribution in [3.05, 3.63) is 29.8 Å². The molecular weight excluding hydrogens is 244 g/mol. The Kier molecular flexibility index (Phi) is 4.76. The number of nitrogens with one attached hydrogen (secondary N) is 1. The van der Waals surface area contributed by atoms with E-state index < -0.39 is 6.10 Å². The van der Waals surface area contributed by atoms with Crippen LogP contribution in [0.5, 0.6) is 0 Å². The monoisotopic (exact) mass is 264 g/mol. The van der Waals surface area contributed by atoms with Gasteiger partial charge >= 0.3 is 6.03 Å². The molecule has 0 radical (unpaired) electrons. The number of nitrogens with zero attached hydrogens (tertiary/aromatic N) is 1. The van der Waals surface area contributed by atoms with Gasteiger partial charge in [0, 0.05) is 25.4 Å². The predicted octanol–water partition coefficient (Wildman–Crippen LogP) is 1.82. The Morgan fingerprint density at radius 3 is 3.11 bits per heavy atom. The maximum absolute atomic E-state index is 12.0. The summed E-state index contributed by atoms with van der Waals surface area (Å²) in [7, 11) is 0. The fourth-order valence-corrected chi connectivity index (χ4v) is 2.09. The number of hydrogen-bond acceptors (Lipinski definition) is 3. The standard InChI is InChI=1S/C14H20N2O3/c1-2-19-10-11-4-3-5-12(8-11)15-14(18)16-7-6-13(17)9-16/h3-5,8,13,17H,2,6-7,9-10H2,1H3,(H,15,18)/t13-/m1/s1. The topological polar surface area (TPSA) is 61.8 Å². The third-order valence-corrected chi connectivity index (χ3v) is 3.10. The molecule has 0 spiro atoms. The molecule has 1 aliphatic heterocycles. The predicted molar refractivity (Wildman–Crippen MR) is 73.0 cm³/mol. The van der Waals surface area contributed by atoms with E-state index in [4.69, 9.17) is 4.74 Å². The molecule has 0 bridgehead atoms. The first-order valence-corrected chi connectivity index (χ1v) is 6.59. The van der Waals surface area contributed by atoms with Crippen LogP contribution in [0.2, 0.25) is 0 Å². The van der Waals surface area contributed by atoms with Gasteiger partial charge in [-0.3, -0.25) is 0 Å². The number of ether oxygens (including phenoxy) is 1. The molecule has 104 valence electrons. The number of urea groups is 1. The fraction of sp³-hybridized carbons (Fsp3) is 0.500. The van der Waals surface area contributed by atoms with Crippen molar-refractivity contribution in [3.8, 4) is 0 Å². The van der Waals surface area contributed by atoms with Gasteiger partial charge in [-0.05, 0) is 31.0 Å². The summed E-state index contributed by atoms with van der Waals surface area (Å²) in [5.74, 6) is 0. The highest BCUT2D eigenvalue weighted by atomic mass is 16.5. The highest BCUT2D eigenvalue weighted by Crippen LogP contribution is 2.15. The minimum Gasteiger partial charge on any atom is -0.391 e. The van der Waals surface area contributed by atoms with Crippen molar-refractivity contribution in [2.75, 3.05) is 25.0 Å². The van der Waals surface area contributed by atoms with Crippen LogP contribution < -0.4 is 5.32 Å². The molecule has 5 heteroatoms. The lowest BCUT2D eigenvalue weighted by molar-refractivity contribution is 0.134. The molecule has 19 heavy (non-hydrogen) atoms. The fourth-order valence-electron chi connectivity index (χ4n) is 2.09. The summed E-state index contributed by atoms with van der Waals surface area (Å²) >= 11 is 0. The third kappa shape index (κ3) is 3.94. The summed E-state index contributed by atoms with van der Waals surface area (Å²) in [5.41, 5.74) is 1.78. The van der Waals surface area contributed by atoms with E-state index in [0.29, 0.717) is 32.7 Å². The molecule has 1 saturated heterocycles. The molecule has 5 nitrogen and oxygen atoms in total. The highest BCUT2D eigenvalue weighted by Gasteiger charge is 2.24. The Labute approximate surface area is 113 Å². The number of β-amino-alcohol motifs (C(OH)–C–C–N with tert-alkyl or cyclic N) is 1. The maximum atomic E-state index is 12.0. The van der Waals surface area contributed by atoms with Crippen LogP contribution in [0.3, 0.4) is 0 Å². The van der Waals surface area contributed by atoms with Gasteiger partial charge < -0.3 is 20.1 Å². The van der Waals surface area contributed by atoms with Crippen molar-refractivity contribution in [1.82, 2.24) is 4.90 Å². The first-order chi connectivity index (χ1) is 9.19. The lowest BCUT2D eigenvalue weighted by atomic mass is 10.2. The van der Waals surface area contributed by atoms with Gasteiger partial charge in [-0.25, -0.2) is 4.79 Å². The third-order valence-electron chi connectivity index (χ3n) is 3.10. The Morgan fingerprint density at radius 1 is 1.58 bits per heavy atom. The molecule has 1 fully saturated rings. The van der Waals surface area contributed by atoms with E-state index in [1.54, 1.807) is 4.90 Å². The lowest BCUT2D eigenvalue weighted by Gasteiger charge is -2.16. The van der Waals surface area contributed by atoms with Gasteiger partial charge in [0.05, 0.1) is 12.7 Å². The number of carbonyl (C=O) groups excluding carboxylic acids is 1. The quantitative estimate of drug-likeness (QED) is 0.872. The number of amides is 2. The smallest absolute Gasteiger partial charge is 0.321 e. The van der Waals surface area contributed by atoms with Crippen molar-refractivity contribution >= 4 is 11.7 Å². The van der Waals surface area contributed by atoms with E-state index in [-0.39, 0.29) is 6.03 Å². The van der Waals surface area contributed by atoms with Crippen LogP contribution in [0.15, 0.2) is 24.3 Å². The summed E-state index contributed by atoms with van der Waals surface area (Å²) in [6.07, 6.45) is 0.257. The molecule has 0 aromatic heterocycles. The average Bonchev–Trinajstić information content (AvgIpc) is 2.83. The second-order valence-electron chi connectivity index (χ2n) is 4.66. The van der Waals surface area contributed by atoms with Crippen LogP contribution in [-0.4, -0.2) is 41.8 Å². The van der Waals surface area contributed by atoms with Crippen LogP contribution in [0.1, 0.15) is 18.9 Å². The Morgan fingerprint density at radius 2 is 2.42 bits per heavy atom. The summed E-state index contributed by atoms with van der Waals surface area (Å²) in [4.78, 5) is 13.6. The van der Waals surface area contributed by atoms with Crippen molar-refractivity contribution in [3.63, 3.8) is 0 Å². The minimum atomic E-state index is -0.393. The normalized spacial score (nSPS) is 18.6. The molecular formula is C14H20N2O3. The van der Waals surface area contributed by atoms with Crippen LogP contribution in [0.25, 0.3) is 0 Å². The number of likely N-dealkylation sites (tertiary alicyclic amines) is 1. The molecule has 2 rings (SSSR count). The molecule has 0 aliphatic carbocycles. The molecule has 2 amide bonds. The van der Waals surface area contributed by atoms with Crippen molar-refractivity contribution in [1.29, 1.82) is 0 Å². The van der Waals surface area contributed by atoms with Gasteiger partial charge in [0.25, 0.3) is 0 Å². The zero-order chi connectivity index (χ0) is 13.7. The largest absolute Gasteiger partial charge is 0.391 e. The van der Waals surface area contributed by atoms with E-state index in [9.17, 15) is 9.90 Å². The van der Waals surface area contributed by atoms with Crippen LogP contribution >= 0.6 is 0 Å². The summed E-state index contributed by atoms with van der Waals surface area (Å²) in [6.45, 7) is 4.17. The maximum Gasteiger partial charge on any atom is 0.321 e. The molecule has 1 aliphatic rings. The van der Waals surface area contributed by atoms with Crippen molar-refractivity contribution < 1.29 is 14.6 Å². The number of benzene rings is 1. The van der Waals surface area contributed by atoms with E-state index in [1.807, 2.05) is 31.2 Å². The summed E-state index contributed by atoms with van der Waals surface area (Å²) < 4.78 is 5.34. The second-order valence-corrected chi connectivity index (χ2v) is 4.66. The number of rotatable bonds is 4. The second kappa shape index (κ2) is 6.54. The average molecular weight is 264 g/mol. The zero-order valence-corrected chi connectivity index (χ0v) is 11.1. The van der Waals surface area contributed by atoms with Crippen molar-refractivity contribution in [2.24, 2.45) is 0 Å². The van der Waals surface area contributed by atoms with Gasteiger partial charge in [-0.1, -0.05) is 12.1 Å². The molecule has 1 atom stereocenters. The van der Waals surface area contributed by atoms with Gasteiger partial charge in [0.15, 0.2) is 0 Å². The zero-order valence-electron chi connectivity index (χ0n) is 11.1. The molecule has 1 aromatic rings. The minimum absolute atomic E-state index is 0.162. The van der Waals surface area contributed by atoms with Crippen LogP contribution in [0.4, 0.5) is 10.5 Å². The number of hydrogen-bond donors (Lipinski definition) is 2. The number of carbonyl (C=O) groups is 1. The first-order valence-electron chi connectivity index (χ1n) is 6.59. The molecule has 1 heterocycles. The lowest BCUT2D eigenvalue weighted by Crippen LogP contribution is -2.33. The first kappa shape index (κ1) is 13.8. The molecule has 0 saturated carbocycles. The van der Waals surface area contributed by atoms with Gasteiger partial charge in [0.1, 0.15) is 0 Å². The van der Waals surface area contributed by atoms with Gasteiger partial charge in [0.2, 0.25) is 0 Å². The number of aliphatic hydroxyl groups excluding tert-OH is 1. The van der Waals surface area contributed by atoms with Crippen LogP contribution in [-0.2, 0) is 11.3 Å². The number of anilines is 1.